The van der Waals surface area contributed by atoms with Crippen LogP contribution in [0.15, 0.2) is 23.0 Å². The number of fused-ring (bicyclic) bond motifs is 1. The minimum absolute atomic E-state index is 0.00782. The zero-order valence-electron chi connectivity index (χ0n) is 22.7. The first-order valence-corrected chi connectivity index (χ1v) is 15.6. The Hall–Kier alpha value is -2.96. The van der Waals surface area contributed by atoms with E-state index in [-0.39, 0.29) is 17.2 Å². The summed E-state index contributed by atoms with van der Waals surface area (Å²) >= 11 is 0. The van der Waals surface area contributed by atoms with E-state index in [1.165, 1.54) is 0 Å². The molecule has 0 bridgehead atoms. The first-order valence-electron chi connectivity index (χ1n) is 13.9. The van der Waals surface area contributed by atoms with Crippen molar-refractivity contribution in [2.24, 2.45) is 0 Å². The highest BCUT2D eigenvalue weighted by atomic mass is 32.2. The molecule has 1 saturated carbocycles. The van der Waals surface area contributed by atoms with E-state index in [2.05, 4.69) is 14.6 Å². The number of H-pyrrole nitrogens is 1. The van der Waals surface area contributed by atoms with Crippen LogP contribution in [0.1, 0.15) is 62.9 Å². The summed E-state index contributed by atoms with van der Waals surface area (Å²) in [5.74, 6) is 1.91. The molecule has 2 fully saturated rings. The molecule has 5 rings (SSSR count). The second kappa shape index (κ2) is 12.1. The number of nitrogens with one attached hydrogen (secondary N) is 2. The van der Waals surface area contributed by atoms with Gasteiger partial charge in [0.15, 0.2) is 11.3 Å². The van der Waals surface area contributed by atoms with Crippen LogP contribution in [0, 0.1) is 6.92 Å². The molecule has 0 amide bonds. The third-order valence-corrected chi connectivity index (χ3v) is 8.75. The maximum absolute atomic E-state index is 13.2. The number of hydrogen-bond donors (Lipinski definition) is 2. The molecule has 3 heterocycles. The van der Waals surface area contributed by atoms with Crippen molar-refractivity contribution < 1.29 is 17.9 Å². The van der Waals surface area contributed by atoms with Gasteiger partial charge in [-0.25, -0.2) is 17.9 Å². The zero-order valence-corrected chi connectivity index (χ0v) is 23.6. The topological polar surface area (TPSA) is 131 Å². The van der Waals surface area contributed by atoms with Gasteiger partial charge >= 0.3 is 0 Å². The summed E-state index contributed by atoms with van der Waals surface area (Å²) in [6, 6.07) is 5.07. The number of aryl methyl sites for hydroxylation is 1. The van der Waals surface area contributed by atoms with Crippen LogP contribution >= 0.6 is 0 Å². The molecular weight excluding hydrogens is 520 g/mol. The standard InChI is InChI=1S/C27H38N6O5S/c1-3-14-38-23-10-9-21(31-39(35,36)17-6-11-32-12-15-37-16-13-32)18-22(23)25-29-27(34)24-19(2)28-26(33(24)30-25)20-7-4-5-8-20/h9-10,18,20,31H,3-8,11-17H2,1-2H3,(H,29,30,34). The third kappa shape index (κ3) is 6.44. The highest BCUT2D eigenvalue weighted by molar-refractivity contribution is 7.92. The lowest BCUT2D eigenvalue weighted by Gasteiger charge is -2.26. The molecule has 3 aromatic rings. The Labute approximate surface area is 229 Å². The van der Waals surface area contributed by atoms with Crippen LogP contribution in [-0.2, 0) is 14.8 Å². The molecule has 212 valence electrons. The third-order valence-electron chi connectivity index (χ3n) is 7.38. The fourth-order valence-corrected chi connectivity index (χ4v) is 6.51. The van der Waals surface area contributed by atoms with Crippen molar-refractivity contribution in [3.63, 3.8) is 0 Å². The minimum atomic E-state index is -3.58. The van der Waals surface area contributed by atoms with Crippen LogP contribution in [0.25, 0.3) is 16.9 Å². The quantitative estimate of drug-likeness (QED) is 0.367. The van der Waals surface area contributed by atoms with Crippen LogP contribution in [-0.4, -0.2) is 78.1 Å². The van der Waals surface area contributed by atoms with Gasteiger partial charge in [0.1, 0.15) is 11.6 Å². The molecule has 2 aromatic heterocycles. The second-order valence-electron chi connectivity index (χ2n) is 10.4. The van der Waals surface area contributed by atoms with Gasteiger partial charge in [-0.05, 0) is 57.4 Å². The molecule has 1 aliphatic carbocycles. The molecule has 2 N–H and O–H groups in total. The van der Waals surface area contributed by atoms with Gasteiger partial charge in [0.05, 0.1) is 36.8 Å². The molecule has 1 aromatic carbocycles. The number of aromatic amines is 1. The molecule has 0 unspecified atom stereocenters. The van der Waals surface area contributed by atoms with Gasteiger partial charge in [0.25, 0.3) is 5.56 Å². The van der Waals surface area contributed by atoms with Crippen LogP contribution in [0.4, 0.5) is 5.69 Å². The largest absolute Gasteiger partial charge is 0.493 e. The lowest BCUT2D eigenvalue weighted by Crippen LogP contribution is -2.37. The van der Waals surface area contributed by atoms with E-state index in [1.54, 1.807) is 22.7 Å². The first-order chi connectivity index (χ1) is 18.8. The fraction of sp³-hybridized carbons (Fsp3) is 0.593. The molecule has 0 atom stereocenters. The van der Waals surface area contributed by atoms with E-state index in [1.807, 2.05) is 13.8 Å². The summed E-state index contributed by atoms with van der Waals surface area (Å²) in [7, 11) is -3.58. The SMILES string of the molecule is CCCOc1ccc(NS(=O)(=O)CCCN2CCOCC2)cc1-c1nn2c(C3CCCC3)nc(C)c2c(=O)[nH]1. The predicted molar refractivity (Wildman–Crippen MR) is 150 cm³/mol. The summed E-state index contributed by atoms with van der Waals surface area (Å²) in [5.41, 5.74) is 1.71. The van der Waals surface area contributed by atoms with E-state index in [0.717, 1.165) is 51.0 Å². The maximum atomic E-state index is 13.2. The predicted octanol–water partition coefficient (Wildman–Crippen LogP) is 3.30. The highest BCUT2D eigenvalue weighted by Gasteiger charge is 2.25. The molecule has 11 nitrogen and oxygen atoms in total. The number of nitrogens with zero attached hydrogens (tertiary/aromatic N) is 4. The number of imidazole rings is 1. The van der Waals surface area contributed by atoms with E-state index in [0.29, 0.717) is 66.8 Å². The van der Waals surface area contributed by atoms with Gasteiger partial charge in [-0.15, -0.1) is 5.10 Å². The van der Waals surface area contributed by atoms with Crippen molar-refractivity contribution in [1.82, 2.24) is 24.5 Å². The van der Waals surface area contributed by atoms with Gasteiger partial charge in [0, 0.05) is 24.7 Å². The number of anilines is 1. The van der Waals surface area contributed by atoms with Gasteiger partial charge in [-0.3, -0.25) is 14.4 Å². The van der Waals surface area contributed by atoms with Gasteiger partial charge in [0.2, 0.25) is 10.0 Å². The average molecular weight is 559 g/mol. The number of ether oxygens (including phenoxy) is 2. The molecule has 39 heavy (non-hydrogen) atoms. The van der Waals surface area contributed by atoms with Crippen molar-refractivity contribution in [2.45, 2.75) is 58.3 Å². The Kier molecular flexibility index (Phi) is 8.53. The normalized spacial score (nSPS) is 17.2. The monoisotopic (exact) mass is 558 g/mol. The summed E-state index contributed by atoms with van der Waals surface area (Å²) in [4.78, 5) is 23.0. The molecule has 1 saturated heterocycles. The molecule has 0 spiro atoms. The molecule has 0 radical (unpaired) electrons. The number of sulfonamides is 1. The Balaban J connectivity index is 1.43. The summed E-state index contributed by atoms with van der Waals surface area (Å²) < 4.78 is 41.5. The minimum Gasteiger partial charge on any atom is -0.493 e. The molecule has 2 aliphatic rings. The van der Waals surface area contributed by atoms with Gasteiger partial charge in [-0.2, -0.15) is 0 Å². The summed E-state index contributed by atoms with van der Waals surface area (Å²) in [6.45, 7) is 8.03. The van der Waals surface area contributed by atoms with E-state index in [9.17, 15) is 13.2 Å². The molecule has 12 heteroatoms. The first kappa shape index (κ1) is 27.6. The Morgan fingerprint density at radius 1 is 1.21 bits per heavy atom. The smallest absolute Gasteiger partial charge is 0.277 e. The maximum Gasteiger partial charge on any atom is 0.277 e. The van der Waals surface area contributed by atoms with Crippen molar-refractivity contribution in [2.75, 3.05) is 49.9 Å². The van der Waals surface area contributed by atoms with Gasteiger partial charge in [-0.1, -0.05) is 19.8 Å². The Bertz CT molecular complexity index is 1460. The number of hydrogen-bond acceptors (Lipinski definition) is 8. The van der Waals surface area contributed by atoms with Crippen molar-refractivity contribution in [3.05, 3.63) is 40.1 Å². The molecular formula is C27H38N6O5S. The fourth-order valence-electron chi connectivity index (χ4n) is 5.41. The van der Waals surface area contributed by atoms with Gasteiger partial charge < -0.3 is 14.5 Å². The lowest BCUT2D eigenvalue weighted by atomic mass is 10.1. The summed E-state index contributed by atoms with van der Waals surface area (Å²) in [6.07, 6.45) is 5.64. The van der Waals surface area contributed by atoms with Crippen molar-refractivity contribution in [1.29, 1.82) is 0 Å². The Morgan fingerprint density at radius 2 is 1.97 bits per heavy atom. The van der Waals surface area contributed by atoms with E-state index < -0.39 is 10.0 Å². The molecule has 1 aliphatic heterocycles. The number of rotatable bonds is 11. The van der Waals surface area contributed by atoms with Crippen LogP contribution in [0.2, 0.25) is 0 Å². The lowest BCUT2D eigenvalue weighted by molar-refractivity contribution is 0.0381. The van der Waals surface area contributed by atoms with E-state index in [4.69, 9.17) is 19.6 Å². The number of morpholine rings is 1. The highest BCUT2D eigenvalue weighted by Crippen LogP contribution is 2.35. The van der Waals surface area contributed by atoms with Crippen molar-refractivity contribution >= 4 is 21.2 Å². The average Bonchev–Trinajstić information content (AvgIpc) is 3.56. The number of aromatic nitrogens is 4. The zero-order chi connectivity index (χ0) is 27.4. The Morgan fingerprint density at radius 3 is 2.72 bits per heavy atom. The summed E-state index contributed by atoms with van der Waals surface area (Å²) in [5, 5.41) is 4.81. The number of benzene rings is 1. The van der Waals surface area contributed by atoms with Crippen LogP contribution in [0.5, 0.6) is 5.75 Å². The van der Waals surface area contributed by atoms with Crippen LogP contribution in [0.3, 0.4) is 0 Å². The second-order valence-corrected chi connectivity index (χ2v) is 12.2. The van der Waals surface area contributed by atoms with E-state index >= 15 is 0 Å². The van der Waals surface area contributed by atoms with Crippen molar-refractivity contribution in [3.8, 4) is 17.1 Å². The van der Waals surface area contributed by atoms with Crippen LogP contribution < -0.4 is 15.0 Å².